The van der Waals surface area contributed by atoms with E-state index in [4.69, 9.17) is 4.74 Å². The number of nitrogens with one attached hydrogen (secondary N) is 1. The molecular formula is C30H36FN3O2. The zero-order valence-electron chi connectivity index (χ0n) is 21.5. The summed E-state index contributed by atoms with van der Waals surface area (Å²) in [6.07, 6.45) is 0.920. The fourth-order valence-corrected chi connectivity index (χ4v) is 4.71. The van der Waals surface area contributed by atoms with Crippen molar-refractivity contribution in [2.75, 3.05) is 44.2 Å². The molecule has 6 heteroatoms. The smallest absolute Gasteiger partial charge is 0.251 e. The molecule has 1 heterocycles. The van der Waals surface area contributed by atoms with E-state index in [-0.39, 0.29) is 17.8 Å². The zero-order valence-corrected chi connectivity index (χ0v) is 21.5. The lowest BCUT2D eigenvalue weighted by atomic mass is 9.99. The van der Waals surface area contributed by atoms with E-state index in [0.29, 0.717) is 18.7 Å². The monoisotopic (exact) mass is 489 g/mol. The third kappa shape index (κ3) is 6.05. The van der Waals surface area contributed by atoms with E-state index < -0.39 is 0 Å². The molecule has 36 heavy (non-hydrogen) atoms. The van der Waals surface area contributed by atoms with Crippen LogP contribution in [0.2, 0.25) is 0 Å². The fraction of sp³-hybridized carbons (Fsp3) is 0.367. The molecule has 190 valence electrons. The average molecular weight is 490 g/mol. The van der Waals surface area contributed by atoms with Gasteiger partial charge in [0.05, 0.1) is 6.61 Å². The van der Waals surface area contributed by atoms with E-state index in [1.54, 1.807) is 6.07 Å². The van der Waals surface area contributed by atoms with Crippen LogP contribution < -0.4 is 15.0 Å². The lowest BCUT2D eigenvalue weighted by Crippen LogP contribution is -2.47. The number of ether oxygens (including phenoxy) is 1. The number of benzene rings is 3. The summed E-state index contributed by atoms with van der Waals surface area (Å²) in [6, 6.07) is 21.1. The largest absolute Gasteiger partial charge is 0.494 e. The van der Waals surface area contributed by atoms with Gasteiger partial charge in [-0.1, -0.05) is 31.2 Å². The average Bonchev–Trinajstić information content (AvgIpc) is 2.92. The molecule has 0 bridgehead atoms. The Balaban J connectivity index is 1.37. The first kappa shape index (κ1) is 25.7. The van der Waals surface area contributed by atoms with Crippen molar-refractivity contribution >= 4 is 11.6 Å². The second-order valence-corrected chi connectivity index (χ2v) is 9.20. The van der Waals surface area contributed by atoms with Gasteiger partial charge in [0, 0.05) is 55.6 Å². The summed E-state index contributed by atoms with van der Waals surface area (Å²) >= 11 is 0. The second-order valence-electron chi connectivity index (χ2n) is 9.20. The van der Waals surface area contributed by atoms with Gasteiger partial charge in [0.1, 0.15) is 11.6 Å². The minimum Gasteiger partial charge on any atom is -0.494 e. The lowest BCUT2D eigenvalue weighted by Gasteiger charge is -2.39. The van der Waals surface area contributed by atoms with Crippen LogP contribution in [-0.4, -0.2) is 50.1 Å². The molecule has 0 saturated carbocycles. The van der Waals surface area contributed by atoms with Crippen molar-refractivity contribution in [1.82, 2.24) is 10.2 Å². The van der Waals surface area contributed by atoms with Crippen molar-refractivity contribution in [3.05, 3.63) is 83.7 Å². The first-order chi connectivity index (χ1) is 17.5. The Morgan fingerprint density at radius 3 is 2.36 bits per heavy atom. The van der Waals surface area contributed by atoms with Crippen molar-refractivity contribution in [3.63, 3.8) is 0 Å². The van der Waals surface area contributed by atoms with Crippen LogP contribution >= 0.6 is 0 Å². The number of hydrogen-bond acceptors (Lipinski definition) is 4. The van der Waals surface area contributed by atoms with E-state index in [2.05, 4.69) is 22.0 Å². The zero-order chi connectivity index (χ0) is 25.5. The van der Waals surface area contributed by atoms with Gasteiger partial charge in [0.2, 0.25) is 0 Å². The van der Waals surface area contributed by atoms with Gasteiger partial charge in [0.25, 0.3) is 5.91 Å². The Hall–Kier alpha value is -3.38. The number of halogens is 1. The Kier molecular flexibility index (Phi) is 8.60. The lowest BCUT2D eigenvalue weighted by molar-refractivity contribution is 0.0953. The second kappa shape index (κ2) is 12.0. The van der Waals surface area contributed by atoms with Gasteiger partial charge < -0.3 is 15.0 Å². The topological polar surface area (TPSA) is 44.8 Å². The minimum absolute atomic E-state index is 0.0133. The number of carbonyl (C=O) groups excluding carboxylic acids is 1. The Labute approximate surface area is 213 Å². The van der Waals surface area contributed by atoms with Gasteiger partial charge >= 0.3 is 0 Å². The minimum atomic E-state index is -0.179. The van der Waals surface area contributed by atoms with Crippen LogP contribution in [0.3, 0.4) is 0 Å². The first-order valence-corrected chi connectivity index (χ1v) is 12.9. The summed E-state index contributed by atoms with van der Waals surface area (Å²) in [6.45, 7) is 10.8. The molecule has 4 rings (SSSR count). The Morgan fingerprint density at radius 2 is 1.69 bits per heavy atom. The van der Waals surface area contributed by atoms with Crippen molar-refractivity contribution < 1.29 is 13.9 Å². The van der Waals surface area contributed by atoms with Crippen molar-refractivity contribution in [1.29, 1.82) is 0 Å². The SMILES string of the molecule is CCCNC(=O)c1ccc(N2CCN(C(C)c3ccc(-c4cccc(OCC)c4)cc3F)CC2)cc1. The molecule has 0 aromatic heterocycles. The summed E-state index contributed by atoms with van der Waals surface area (Å²) in [5.74, 6) is 0.582. The third-order valence-electron chi connectivity index (χ3n) is 6.82. The normalized spacial score (nSPS) is 14.9. The predicted molar refractivity (Wildman–Crippen MR) is 144 cm³/mol. The van der Waals surface area contributed by atoms with E-state index in [0.717, 1.165) is 60.7 Å². The molecule has 1 amide bonds. The molecule has 3 aromatic carbocycles. The van der Waals surface area contributed by atoms with Crippen LogP contribution in [0.15, 0.2) is 66.7 Å². The van der Waals surface area contributed by atoms with Gasteiger partial charge in [-0.15, -0.1) is 0 Å². The summed E-state index contributed by atoms with van der Waals surface area (Å²) < 4.78 is 20.8. The Morgan fingerprint density at radius 1 is 0.972 bits per heavy atom. The molecule has 1 fully saturated rings. The number of hydrogen-bond donors (Lipinski definition) is 1. The van der Waals surface area contributed by atoms with E-state index in [1.807, 2.05) is 74.5 Å². The molecule has 5 nitrogen and oxygen atoms in total. The molecule has 1 aliphatic rings. The van der Waals surface area contributed by atoms with E-state index in [9.17, 15) is 4.79 Å². The summed E-state index contributed by atoms with van der Waals surface area (Å²) in [5.41, 5.74) is 4.31. The predicted octanol–water partition coefficient (Wildman–Crippen LogP) is 5.91. The molecule has 1 unspecified atom stereocenters. The molecule has 0 spiro atoms. The molecule has 3 aromatic rings. The highest BCUT2D eigenvalue weighted by Gasteiger charge is 2.24. The van der Waals surface area contributed by atoms with Gasteiger partial charge in [-0.25, -0.2) is 4.39 Å². The number of amides is 1. The van der Waals surface area contributed by atoms with Crippen LogP contribution in [-0.2, 0) is 0 Å². The summed E-state index contributed by atoms with van der Waals surface area (Å²) in [4.78, 5) is 16.8. The third-order valence-corrected chi connectivity index (χ3v) is 6.82. The standard InChI is InChI=1S/C30H36FN3O2/c1-4-15-32-30(35)23-9-12-26(13-10-23)34-18-16-33(17-19-34)22(3)28-14-11-25(21-29(28)31)24-7-6-8-27(20-24)36-5-2/h6-14,20-22H,4-5,15-19H2,1-3H3,(H,32,35). The highest BCUT2D eigenvalue weighted by Crippen LogP contribution is 2.30. The first-order valence-electron chi connectivity index (χ1n) is 12.9. The highest BCUT2D eigenvalue weighted by molar-refractivity contribution is 5.94. The van der Waals surface area contributed by atoms with E-state index in [1.165, 1.54) is 0 Å². The molecule has 1 atom stereocenters. The van der Waals surface area contributed by atoms with E-state index >= 15 is 4.39 Å². The van der Waals surface area contributed by atoms with Gasteiger partial charge in [-0.05, 0) is 73.9 Å². The van der Waals surface area contributed by atoms with Crippen LogP contribution in [0.1, 0.15) is 49.2 Å². The highest BCUT2D eigenvalue weighted by atomic mass is 19.1. The quantitative estimate of drug-likeness (QED) is 0.406. The summed E-state index contributed by atoms with van der Waals surface area (Å²) in [5, 5.41) is 2.91. The van der Waals surface area contributed by atoms with Gasteiger partial charge in [-0.2, -0.15) is 0 Å². The van der Waals surface area contributed by atoms with Gasteiger partial charge in [-0.3, -0.25) is 9.69 Å². The molecule has 0 radical (unpaired) electrons. The van der Waals surface area contributed by atoms with Crippen molar-refractivity contribution in [3.8, 4) is 16.9 Å². The number of piperazine rings is 1. The maximum Gasteiger partial charge on any atom is 0.251 e. The molecule has 1 N–H and O–H groups in total. The molecular weight excluding hydrogens is 453 g/mol. The van der Waals surface area contributed by atoms with Gasteiger partial charge in [0.15, 0.2) is 0 Å². The molecule has 0 aliphatic carbocycles. The van der Waals surface area contributed by atoms with Crippen molar-refractivity contribution in [2.24, 2.45) is 0 Å². The van der Waals surface area contributed by atoms with Crippen LogP contribution in [0.4, 0.5) is 10.1 Å². The molecule has 1 saturated heterocycles. The number of rotatable bonds is 9. The number of anilines is 1. The van der Waals surface area contributed by atoms with Crippen LogP contribution in [0.25, 0.3) is 11.1 Å². The fourth-order valence-electron chi connectivity index (χ4n) is 4.71. The summed E-state index contributed by atoms with van der Waals surface area (Å²) in [7, 11) is 0. The maximum atomic E-state index is 15.2. The van der Waals surface area contributed by atoms with Crippen molar-refractivity contribution in [2.45, 2.75) is 33.2 Å². The molecule has 1 aliphatic heterocycles. The maximum absolute atomic E-state index is 15.2. The number of nitrogens with zero attached hydrogens (tertiary/aromatic N) is 2. The van der Waals surface area contributed by atoms with Crippen LogP contribution in [0, 0.1) is 5.82 Å². The Bertz CT molecular complexity index is 1160. The number of carbonyl (C=O) groups is 1. The van der Waals surface area contributed by atoms with Crippen LogP contribution in [0.5, 0.6) is 5.75 Å².